The molecule has 0 aliphatic heterocycles. The minimum atomic E-state index is -1.00. The molecule has 1 amide bonds. The van der Waals surface area contributed by atoms with E-state index in [2.05, 4.69) is 15.3 Å². The summed E-state index contributed by atoms with van der Waals surface area (Å²) in [5, 5.41) is 11.6. The smallest absolute Gasteiger partial charge is 0.240 e. The summed E-state index contributed by atoms with van der Waals surface area (Å²) in [4.78, 5) is 18.9. The van der Waals surface area contributed by atoms with E-state index in [4.69, 9.17) is 5.26 Å². The Kier molecular flexibility index (Phi) is 3.02. The summed E-state index contributed by atoms with van der Waals surface area (Å²) < 4.78 is 0. The standard InChI is InChI=1S/C13H14N4O/c1-13(2,7-14)12(18)15-6-9-3-4-10-11(5-9)17-8-16-10/h3-5,8H,6H2,1-2H3,(H,15,18)(H,16,17). The summed E-state index contributed by atoms with van der Waals surface area (Å²) in [7, 11) is 0. The van der Waals surface area contributed by atoms with Crippen LogP contribution in [0.2, 0.25) is 0 Å². The molecular formula is C13H14N4O. The van der Waals surface area contributed by atoms with Gasteiger partial charge in [-0.2, -0.15) is 5.26 Å². The first-order valence-electron chi connectivity index (χ1n) is 5.64. The topological polar surface area (TPSA) is 81.6 Å². The van der Waals surface area contributed by atoms with Gasteiger partial charge in [-0.15, -0.1) is 0 Å². The van der Waals surface area contributed by atoms with Gasteiger partial charge in [-0.05, 0) is 31.5 Å². The zero-order valence-electron chi connectivity index (χ0n) is 10.3. The Morgan fingerprint density at radius 2 is 2.33 bits per heavy atom. The number of fused-ring (bicyclic) bond motifs is 1. The fraction of sp³-hybridized carbons (Fsp3) is 0.308. The SMILES string of the molecule is CC(C)(C#N)C(=O)NCc1ccc2nc[nH]c2c1. The number of aromatic amines is 1. The fourth-order valence-corrected chi connectivity index (χ4v) is 1.55. The molecule has 1 heterocycles. The van der Waals surface area contributed by atoms with Crippen molar-refractivity contribution in [3.8, 4) is 6.07 Å². The van der Waals surface area contributed by atoms with Crippen molar-refractivity contribution in [1.29, 1.82) is 5.26 Å². The molecule has 2 rings (SSSR count). The summed E-state index contributed by atoms with van der Waals surface area (Å²) in [6.07, 6.45) is 1.63. The molecule has 1 aromatic carbocycles. The lowest BCUT2D eigenvalue weighted by atomic mass is 9.95. The van der Waals surface area contributed by atoms with Crippen molar-refractivity contribution < 1.29 is 4.79 Å². The van der Waals surface area contributed by atoms with E-state index >= 15 is 0 Å². The van der Waals surface area contributed by atoms with Gasteiger partial charge in [0.1, 0.15) is 5.41 Å². The van der Waals surface area contributed by atoms with Gasteiger partial charge in [-0.1, -0.05) is 6.07 Å². The first-order valence-corrected chi connectivity index (χ1v) is 5.64. The van der Waals surface area contributed by atoms with E-state index < -0.39 is 5.41 Å². The molecule has 0 spiro atoms. The molecular weight excluding hydrogens is 228 g/mol. The largest absolute Gasteiger partial charge is 0.351 e. The first kappa shape index (κ1) is 12.1. The third kappa shape index (κ3) is 2.33. The Morgan fingerprint density at radius 3 is 3.06 bits per heavy atom. The van der Waals surface area contributed by atoms with Gasteiger partial charge in [-0.25, -0.2) is 4.98 Å². The molecule has 0 saturated carbocycles. The van der Waals surface area contributed by atoms with Crippen molar-refractivity contribution in [3.63, 3.8) is 0 Å². The monoisotopic (exact) mass is 242 g/mol. The summed E-state index contributed by atoms with van der Waals surface area (Å²) >= 11 is 0. The molecule has 0 aliphatic rings. The number of H-pyrrole nitrogens is 1. The number of nitrogens with zero attached hydrogens (tertiary/aromatic N) is 2. The van der Waals surface area contributed by atoms with Crippen LogP contribution in [0.25, 0.3) is 11.0 Å². The minimum absolute atomic E-state index is 0.269. The molecule has 0 atom stereocenters. The van der Waals surface area contributed by atoms with Crippen LogP contribution in [-0.4, -0.2) is 15.9 Å². The number of benzene rings is 1. The molecule has 0 radical (unpaired) electrons. The maximum absolute atomic E-state index is 11.7. The fourth-order valence-electron chi connectivity index (χ4n) is 1.55. The molecule has 5 heteroatoms. The second-order valence-electron chi connectivity index (χ2n) is 4.67. The van der Waals surface area contributed by atoms with Crippen LogP contribution in [-0.2, 0) is 11.3 Å². The molecule has 0 fully saturated rings. The number of carbonyl (C=O) groups is 1. The Morgan fingerprint density at radius 1 is 1.56 bits per heavy atom. The number of hydrogen-bond donors (Lipinski definition) is 2. The third-order valence-corrected chi connectivity index (χ3v) is 2.78. The van der Waals surface area contributed by atoms with Crippen molar-refractivity contribution >= 4 is 16.9 Å². The second kappa shape index (κ2) is 4.49. The lowest BCUT2D eigenvalue weighted by molar-refractivity contribution is -0.126. The molecule has 0 unspecified atom stereocenters. The molecule has 0 aliphatic carbocycles. The van der Waals surface area contributed by atoms with E-state index in [9.17, 15) is 4.79 Å². The van der Waals surface area contributed by atoms with Gasteiger partial charge < -0.3 is 10.3 Å². The zero-order valence-corrected chi connectivity index (χ0v) is 10.3. The molecule has 0 bridgehead atoms. The predicted molar refractivity (Wildman–Crippen MR) is 67.3 cm³/mol. The Labute approximate surface area is 105 Å². The number of nitriles is 1. The van der Waals surface area contributed by atoms with Gasteiger partial charge in [0.05, 0.1) is 23.4 Å². The maximum atomic E-state index is 11.7. The normalized spacial score (nSPS) is 11.2. The average molecular weight is 242 g/mol. The highest BCUT2D eigenvalue weighted by molar-refractivity contribution is 5.84. The van der Waals surface area contributed by atoms with Crippen LogP contribution in [0, 0.1) is 16.7 Å². The Balaban J connectivity index is 2.06. The number of aromatic nitrogens is 2. The van der Waals surface area contributed by atoms with Crippen LogP contribution < -0.4 is 5.32 Å². The summed E-state index contributed by atoms with van der Waals surface area (Å²) in [5.74, 6) is -0.269. The number of hydrogen-bond acceptors (Lipinski definition) is 3. The number of imidazole rings is 1. The number of nitrogens with one attached hydrogen (secondary N) is 2. The molecule has 2 aromatic rings. The van der Waals surface area contributed by atoms with Crippen molar-refractivity contribution in [3.05, 3.63) is 30.1 Å². The number of carbonyl (C=O) groups excluding carboxylic acids is 1. The zero-order chi connectivity index (χ0) is 13.2. The van der Waals surface area contributed by atoms with Gasteiger partial charge in [-0.3, -0.25) is 4.79 Å². The van der Waals surface area contributed by atoms with E-state index in [0.29, 0.717) is 6.54 Å². The van der Waals surface area contributed by atoms with E-state index in [1.807, 2.05) is 24.3 Å². The second-order valence-corrected chi connectivity index (χ2v) is 4.67. The lowest BCUT2D eigenvalue weighted by Gasteiger charge is -2.14. The maximum Gasteiger partial charge on any atom is 0.240 e. The highest BCUT2D eigenvalue weighted by atomic mass is 16.2. The quantitative estimate of drug-likeness (QED) is 0.859. The van der Waals surface area contributed by atoms with E-state index in [1.54, 1.807) is 20.2 Å². The van der Waals surface area contributed by atoms with Crippen LogP contribution >= 0.6 is 0 Å². The molecule has 5 nitrogen and oxygen atoms in total. The van der Waals surface area contributed by atoms with Crippen LogP contribution in [0.1, 0.15) is 19.4 Å². The predicted octanol–water partition coefficient (Wildman–Crippen LogP) is 1.73. The third-order valence-electron chi connectivity index (χ3n) is 2.78. The molecule has 1 aromatic heterocycles. The van der Waals surface area contributed by atoms with Crippen molar-refractivity contribution in [2.24, 2.45) is 5.41 Å². The van der Waals surface area contributed by atoms with Gasteiger partial charge in [0.25, 0.3) is 0 Å². The molecule has 18 heavy (non-hydrogen) atoms. The van der Waals surface area contributed by atoms with Crippen molar-refractivity contribution in [2.45, 2.75) is 20.4 Å². The molecule has 2 N–H and O–H groups in total. The summed E-state index contributed by atoms with van der Waals surface area (Å²) in [6, 6.07) is 7.70. The van der Waals surface area contributed by atoms with Crippen LogP contribution in [0.4, 0.5) is 0 Å². The van der Waals surface area contributed by atoms with Gasteiger partial charge >= 0.3 is 0 Å². The van der Waals surface area contributed by atoms with E-state index in [-0.39, 0.29) is 5.91 Å². The van der Waals surface area contributed by atoms with Crippen LogP contribution in [0.3, 0.4) is 0 Å². The van der Waals surface area contributed by atoms with E-state index in [1.165, 1.54) is 0 Å². The Hall–Kier alpha value is -2.35. The molecule has 92 valence electrons. The summed E-state index contributed by atoms with van der Waals surface area (Å²) in [5.41, 5.74) is 1.79. The van der Waals surface area contributed by atoms with Gasteiger partial charge in [0.2, 0.25) is 5.91 Å². The summed E-state index contributed by atoms with van der Waals surface area (Å²) in [6.45, 7) is 3.60. The van der Waals surface area contributed by atoms with Crippen LogP contribution in [0.15, 0.2) is 24.5 Å². The minimum Gasteiger partial charge on any atom is -0.351 e. The number of amides is 1. The van der Waals surface area contributed by atoms with Crippen molar-refractivity contribution in [1.82, 2.24) is 15.3 Å². The van der Waals surface area contributed by atoms with E-state index in [0.717, 1.165) is 16.6 Å². The lowest BCUT2D eigenvalue weighted by Crippen LogP contribution is -2.35. The van der Waals surface area contributed by atoms with Crippen LogP contribution in [0.5, 0.6) is 0 Å². The average Bonchev–Trinajstić information content (AvgIpc) is 2.83. The highest BCUT2D eigenvalue weighted by Gasteiger charge is 2.26. The van der Waals surface area contributed by atoms with Gasteiger partial charge in [0.15, 0.2) is 0 Å². The first-order chi connectivity index (χ1) is 8.53. The van der Waals surface area contributed by atoms with Crippen molar-refractivity contribution in [2.75, 3.05) is 0 Å². The number of rotatable bonds is 3. The highest BCUT2D eigenvalue weighted by Crippen LogP contribution is 2.14. The van der Waals surface area contributed by atoms with Gasteiger partial charge in [0, 0.05) is 6.54 Å². The Bertz CT molecular complexity index is 621. The molecule has 0 saturated heterocycles.